The molecule has 0 atom stereocenters. The molecular weight excluding hydrogens is 377 g/mol. The van der Waals surface area contributed by atoms with Crippen LogP contribution in [0.25, 0.3) is 0 Å². The monoisotopic (exact) mass is 397 g/mol. The van der Waals surface area contributed by atoms with E-state index in [1.54, 1.807) is 0 Å². The van der Waals surface area contributed by atoms with Crippen LogP contribution in [0.15, 0.2) is 12.3 Å². The van der Waals surface area contributed by atoms with E-state index >= 15 is 0 Å². The molecule has 0 aliphatic carbocycles. The molecule has 1 fully saturated rings. The molecule has 0 spiro atoms. The van der Waals surface area contributed by atoms with Crippen LogP contribution in [0.3, 0.4) is 0 Å². The first-order valence-corrected chi connectivity index (χ1v) is 7.66. The third-order valence-electron chi connectivity index (χ3n) is 3.35. The van der Waals surface area contributed by atoms with E-state index in [1.165, 1.54) is 0 Å². The number of carbonyl (C=O) groups excluding carboxylic acids is 1. The number of halogens is 2. The molecule has 2 rings (SSSR count). The van der Waals surface area contributed by atoms with E-state index < -0.39 is 0 Å². The fraction of sp³-hybridized carbons (Fsp3) is 0.615. The van der Waals surface area contributed by atoms with E-state index in [0.29, 0.717) is 11.7 Å². The molecule has 2 N–H and O–H groups in total. The lowest BCUT2D eigenvalue weighted by molar-refractivity contribution is 0.0637. The van der Waals surface area contributed by atoms with Crippen LogP contribution in [-0.2, 0) is 0 Å². The van der Waals surface area contributed by atoms with Crippen LogP contribution in [0.4, 0.5) is 0 Å². The number of nitrogens with zero attached hydrogens (tertiary/aromatic N) is 1. The Kier molecular flexibility index (Phi) is 7.17. The normalized spacial score (nSPS) is 15.9. The summed E-state index contributed by atoms with van der Waals surface area (Å²) < 4.78 is 1.08. The van der Waals surface area contributed by atoms with E-state index in [0.717, 1.165) is 42.5 Å². The summed E-state index contributed by atoms with van der Waals surface area (Å²) in [6, 6.07) is 2.31. The van der Waals surface area contributed by atoms with Crippen molar-refractivity contribution in [3.05, 3.63) is 21.5 Å². The predicted molar refractivity (Wildman–Crippen MR) is 88.0 cm³/mol. The topological polar surface area (TPSA) is 48.1 Å². The molecular formula is C13H21ClIN3O. The summed E-state index contributed by atoms with van der Waals surface area (Å²) in [6.45, 7) is 5.00. The molecule has 1 aromatic rings. The summed E-state index contributed by atoms with van der Waals surface area (Å²) in [6.07, 6.45) is 5.00. The van der Waals surface area contributed by atoms with E-state index in [1.807, 2.05) is 17.2 Å². The Balaban J connectivity index is 0.00000180. The van der Waals surface area contributed by atoms with Crippen LogP contribution in [0.5, 0.6) is 0 Å². The lowest BCUT2D eigenvalue weighted by Gasteiger charge is -2.34. The highest BCUT2D eigenvalue weighted by Gasteiger charge is 2.26. The Morgan fingerprint density at radius 1 is 1.47 bits per heavy atom. The second kappa shape index (κ2) is 8.11. The number of piperidine rings is 1. The van der Waals surface area contributed by atoms with Gasteiger partial charge in [0.05, 0.1) is 0 Å². The van der Waals surface area contributed by atoms with Crippen LogP contribution in [0.2, 0.25) is 0 Å². The van der Waals surface area contributed by atoms with Gasteiger partial charge in [0.25, 0.3) is 5.91 Å². The van der Waals surface area contributed by atoms with Crippen molar-refractivity contribution in [2.24, 2.45) is 0 Å². The van der Waals surface area contributed by atoms with Crippen molar-refractivity contribution in [1.29, 1.82) is 0 Å². The average Bonchev–Trinajstić information content (AvgIpc) is 2.83. The van der Waals surface area contributed by atoms with Crippen molar-refractivity contribution in [3.8, 4) is 0 Å². The number of aromatic nitrogens is 1. The van der Waals surface area contributed by atoms with Crippen molar-refractivity contribution >= 4 is 40.9 Å². The minimum atomic E-state index is 0. The highest BCUT2D eigenvalue weighted by atomic mass is 127. The molecule has 1 aliphatic heterocycles. The smallest absolute Gasteiger partial charge is 0.270 e. The SMILES string of the molecule is CCCN(C(=O)c1cc(I)c[nH]1)C1CCNCC1.Cl. The lowest BCUT2D eigenvalue weighted by atomic mass is 10.0. The standard InChI is InChI=1S/C13H20IN3O.ClH/c1-2-7-17(11-3-5-15-6-4-11)13(18)12-8-10(14)9-16-12;/h8-9,11,15-16H,2-7H2,1H3;1H. The van der Waals surface area contributed by atoms with Crippen LogP contribution < -0.4 is 5.32 Å². The zero-order chi connectivity index (χ0) is 13.0. The van der Waals surface area contributed by atoms with Crippen molar-refractivity contribution < 1.29 is 4.79 Å². The molecule has 4 nitrogen and oxygen atoms in total. The molecule has 1 amide bonds. The lowest BCUT2D eigenvalue weighted by Crippen LogP contribution is -2.46. The van der Waals surface area contributed by atoms with Crippen LogP contribution in [-0.4, -0.2) is 41.5 Å². The second-order valence-corrected chi connectivity index (χ2v) is 5.96. The average molecular weight is 398 g/mol. The van der Waals surface area contributed by atoms with Crippen LogP contribution in [0, 0.1) is 3.57 Å². The first-order valence-electron chi connectivity index (χ1n) is 6.58. The fourth-order valence-corrected chi connectivity index (χ4v) is 2.92. The third kappa shape index (κ3) is 4.36. The number of nitrogens with one attached hydrogen (secondary N) is 2. The predicted octanol–water partition coefficient (Wildman–Crippen LogP) is 2.65. The number of aromatic amines is 1. The van der Waals surface area contributed by atoms with Gasteiger partial charge in [0, 0.05) is 22.4 Å². The van der Waals surface area contributed by atoms with Gasteiger partial charge in [-0.15, -0.1) is 12.4 Å². The van der Waals surface area contributed by atoms with E-state index in [9.17, 15) is 4.79 Å². The fourth-order valence-electron chi connectivity index (χ4n) is 2.46. The van der Waals surface area contributed by atoms with Crippen LogP contribution >= 0.6 is 35.0 Å². The number of H-pyrrole nitrogens is 1. The molecule has 108 valence electrons. The van der Waals surface area contributed by atoms with Crippen molar-refractivity contribution in [1.82, 2.24) is 15.2 Å². The first kappa shape index (κ1) is 16.8. The zero-order valence-electron chi connectivity index (χ0n) is 11.1. The summed E-state index contributed by atoms with van der Waals surface area (Å²) in [4.78, 5) is 17.6. The van der Waals surface area contributed by atoms with Gasteiger partial charge in [-0.1, -0.05) is 6.92 Å². The van der Waals surface area contributed by atoms with Gasteiger partial charge in [-0.3, -0.25) is 4.79 Å². The summed E-state index contributed by atoms with van der Waals surface area (Å²) in [7, 11) is 0. The van der Waals surface area contributed by atoms with Gasteiger partial charge in [-0.25, -0.2) is 0 Å². The van der Waals surface area contributed by atoms with Gasteiger partial charge >= 0.3 is 0 Å². The second-order valence-electron chi connectivity index (χ2n) is 4.71. The maximum atomic E-state index is 12.5. The number of rotatable bonds is 4. The maximum absolute atomic E-state index is 12.5. The van der Waals surface area contributed by atoms with E-state index in [2.05, 4.69) is 39.8 Å². The van der Waals surface area contributed by atoms with Gasteiger partial charge in [0.2, 0.25) is 0 Å². The molecule has 1 saturated heterocycles. The minimum Gasteiger partial charge on any atom is -0.356 e. The minimum absolute atomic E-state index is 0. The first-order chi connectivity index (χ1) is 8.72. The summed E-state index contributed by atoms with van der Waals surface area (Å²) >= 11 is 2.22. The van der Waals surface area contributed by atoms with Gasteiger partial charge in [-0.2, -0.15) is 0 Å². The highest BCUT2D eigenvalue weighted by Crippen LogP contribution is 2.17. The van der Waals surface area contributed by atoms with Crippen molar-refractivity contribution in [2.75, 3.05) is 19.6 Å². The molecule has 0 bridgehead atoms. The molecule has 1 aliphatic rings. The molecule has 0 unspecified atom stereocenters. The Hall–Kier alpha value is -0.270. The summed E-state index contributed by atoms with van der Waals surface area (Å²) in [5.41, 5.74) is 0.714. The van der Waals surface area contributed by atoms with E-state index in [4.69, 9.17) is 0 Å². The number of hydrogen-bond donors (Lipinski definition) is 2. The zero-order valence-corrected chi connectivity index (χ0v) is 14.1. The van der Waals surface area contributed by atoms with Crippen molar-refractivity contribution in [3.63, 3.8) is 0 Å². The molecule has 0 aromatic carbocycles. The molecule has 19 heavy (non-hydrogen) atoms. The third-order valence-corrected chi connectivity index (χ3v) is 3.98. The maximum Gasteiger partial charge on any atom is 0.270 e. The Morgan fingerprint density at radius 2 is 2.16 bits per heavy atom. The van der Waals surface area contributed by atoms with Crippen molar-refractivity contribution in [2.45, 2.75) is 32.2 Å². The molecule has 2 heterocycles. The number of carbonyl (C=O) groups is 1. The quantitative estimate of drug-likeness (QED) is 0.768. The van der Waals surface area contributed by atoms with Gasteiger partial charge in [0.1, 0.15) is 5.69 Å². The van der Waals surface area contributed by atoms with E-state index in [-0.39, 0.29) is 18.3 Å². The highest BCUT2D eigenvalue weighted by molar-refractivity contribution is 14.1. The summed E-state index contributed by atoms with van der Waals surface area (Å²) in [5.74, 6) is 0.145. The van der Waals surface area contributed by atoms with Crippen LogP contribution in [0.1, 0.15) is 36.7 Å². The Labute approximate surface area is 134 Å². The number of amides is 1. The molecule has 0 saturated carbocycles. The Bertz CT molecular complexity index is 404. The largest absolute Gasteiger partial charge is 0.356 e. The number of hydrogen-bond acceptors (Lipinski definition) is 2. The molecule has 1 aromatic heterocycles. The molecule has 6 heteroatoms. The summed E-state index contributed by atoms with van der Waals surface area (Å²) in [5, 5.41) is 3.35. The van der Waals surface area contributed by atoms with Gasteiger partial charge in [0.15, 0.2) is 0 Å². The van der Waals surface area contributed by atoms with Gasteiger partial charge in [-0.05, 0) is 61.0 Å². The van der Waals surface area contributed by atoms with Gasteiger partial charge < -0.3 is 15.2 Å². The molecule has 0 radical (unpaired) electrons. The Morgan fingerprint density at radius 3 is 2.68 bits per heavy atom.